The molecule has 0 unspecified atom stereocenters. The number of amides is 2. The zero-order chi connectivity index (χ0) is 28.2. The van der Waals surface area contributed by atoms with Crippen LogP contribution in [0.15, 0.2) is 69.4 Å². The van der Waals surface area contributed by atoms with Crippen LogP contribution in [0.3, 0.4) is 0 Å². The zero-order valence-electron chi connectivity index (χ0n) is 20.7. The second-order valence-electron chi connectivity index (χ2n) is 8.71. The number of urea groups is 1. The van der Waals surface area contributed by atoms with Gasteiger partial charge in [0, 0.05) is 30.9 Å². The van der Waals surface area contributed by atoms with E-state index in [2.05, 4.69) is 20.5 Å². The topological polar surface area (TPSA) is 110 Å². The molecule has 0 aliphatic carbocycles. The number of alkyl halides is 3. The standard InChI is InChI=1S/C26H23F3N4O5S/c1-3-19(23-30-31-24(38-23)26(27,28)29)5-4-18(2)16-33(25(34)32-11-14-39(35,36)15-12-32)22-8-6-20(7-9-22)21-10-13-37-17-21/h1,4-10,13,17H,11-12,14-16H2,2H3/b18-4+,19-5+. The van der Waals surface area contributed by atoms with Crippen LogP contribution in [0, 0.1) is 12.3 Å². The zero-order valence-corrected chi connectivity index (χ0v) is 21.5. The fourth-order valence-electron chi connectivity index (χ4n) is 3.76. The largest absolute Gasteiger partial charge is 0.472 e. The van der Waals surface area contributed by atoms with Crippen molar-refractivity contribution in [1.82, 2.24) is 15.1 Å². The highest BCUT2D eigenvalue weighted by molar-refractivity contribution is 7.91. The molecular weight excluding hydrogens is 537 g/mol. The van der Waals surface area contributed by atoms with Gasteiger partial charge in [-0.25, -0.2) is 13.2 Å². The number of anilines is 1. The smallest absolute Gasteiger partial charge is 0.470 e. The number of sulfone groups is 1. The Morgan fingerprint density at radius 2 is 1.82 bits per heavy atom. The van der Waals surface area contributed by atoms with Crippen LogP contribution >= 0.6 is 0 Å². The second-order valence-corrected chi connectivity index (χ2v) is 11.0. The van der Waals surface area contributed by atoms with Gasteiger partial charge in [-0.15, -0.1) is 16.6 Å². The summed E-state index contributed by atoms with van der Waals surface area (Å²) in [6.07, 6.45) is 6.66. The van der Waals surface area contributed by atoms with Gasteiger partial charge in [0.05, 0.1) is 29.6 Å². The Labute approximate surface area is 222 Å². The average Bonchev–Trinajstić information content (AvgIpc) is 3.61. The average molecular weight is 561 g/mol. The third-order valence-corrected chi connectivity index (χ3v) is 7.48. The van der Waals surface area contributed by atoms with Crippen molar-refractivity contribution < 1.29 is 35.2 Å². The van der Waals surface area contributed by atoms with Crippen molar-refractivity contribution in [3.63, 3.8) is 0 Å². The molecule has 1 aliphatic rings. The molecule has 2 amide bonds. The van der Waals surface area contributed by atoms with E-state index in [1.807, 2.05) is 12.1 Å². The quantitative estimate of drug-likeness (QED) is 0.318. The number of carbonyl (C=O) groups is 1. The van der Waals surface area contributed by atoms with Gasteiger partial charge in [-0.3, -0.25) is 4.90 Å². The van der Waals surface area contributed by atoms with E-state index >= 15 is 0 Å². The second kappa shape index (κ2) is 11.2. The Morgan fingerprint density at radius 1 is 1.13 bits per heavy atom. The maximum absolute atomic E-state index is 13.5. The number of rotatable bonds is 6. The molecule has 3 heterocycles. The molecule has 0 atom stereocenters. The normalized spacial score (nSPS) is 16.1. The minimum atomic E-state index is -4.81. The Hall–Kier alpha value is -4.31. The summed E-state index contributed by atoms with van der Waals surface area (Å²) in [5.41, 5.74) is 2.84. The summed E-state index contributed by atoms with van der Waals surface area (Å²) in [4.78, 5) is 16.5. The lowest BCUT2D eigenvalue weighted by Gasteiger charge is -2.33. The number of hydrogen-bond acceptors (Lipinski definition) is 7. The number of halogens is 3. The van der Waals surface area contributed by atoms with Crippen molar-refractivity contribution in [2.75, 3.05) is 36.0 Å². The van der Waals surface area contributed by atoms with E-state index in [4.69, 9.17) is 10.8 Å². The first-order chi connectivity index (χ1) is 18.5. The van der Waals surface area contributed by atoms with Gasteiger partial charge < -0.3 is 13.7 Å². The van der Waals surface area contributed by atoms with Crippen molar-refractivity contribution in [1.29, 1.82) is 0 Å². The molecule has 204 valence electrons. The summed E-state index contributed by atoms with van der Waals surface area (Å²) in [7, 11) is -3.20. The monoisotopic (exact) mass is 560 g/mol. The van der Waals surface area contributed by atoms with Crippen molar-refractivity contribution in [3.8, 4) is 23.5 Å². The van der Waals surface area contributed by atoms with E-state index in [0.717, 1.165) is 11.1 Å². The lowest BCUT2D eigenvalue weighted by Crippen LogP contribution is -2.50. The molecule has 3 aromatic rings. The van der Waals surface area contributed by atoms with Crippen LogP contribution in [-0.4, -0.2) is 60.7 Å². The van der Waals surface area contributed by atoms with Crippen LogP contribution in [0.25, 0.3) is 16.7 Å². The summed E-state index contributed by atoms with van der Waals surface area (Å²) in [6.45, 7) is 1.92. The van der Waals surface area contributed by atoms with Crippen molar-refractivity contribution in [2.45, 2.75) is 13.1 Å². The minimum Gasteiger partial charge on any atom is -0.472 e. The van der Waals surface area contributed by atoms with E-state index in [1.165, 1.54) is 22.0 Å². The van der Waals surface area contributed by atoms with E-state index in [9.17, 15) is 26.4 Å². The van der Waals surface area contributed by atoms with Crippen LogP contribution in [-0.2, 0) is 16.0 Å². The van der Waals surface area contributed by atoms with Crippen molar-refractivity contribution in [3.05, 3.63) is 72.4 Å². The molecule has 1 aliphatic heterocycles. The molecule has 0 saturated carbocycles. The van der Waals surface area contributed by atoms with Gasteiger partial charge in [0.1, 0.15) is 0 Å². The third kappa shape index (κ3) is 6.77. The van der Waals surface area contributed by atoms with Crippen LogP contribution < -0.4 is 4.90 Å². The molecule has 0 N–H and O–H groups in total. The SMILES string of the molecule is C#C/C(=C\C=C(/C)CN(C(=O)N1CCS(=O)(=O)CC1)c1ccc(-c2ccoc2)cc1)c1nnc(C(F)(F)F)o1. The van der Waals surface area contributed by atoms with E-state index in [-0.39, 0.29) is 42.7 Å². The highest BCUT2D eigenvalue weighted by Gasteiger charge is 2.38. The predicted molar refractivity (Wildman–Crippen MR) is 137 cm³/mol. The highest BCUT2D eigenvalue weighted by atomic mass is 32.2. The number of allylic oxidation sites excluding steroid dienone is 3. The number of aromatic nitrogens is 2. The van der Waals surface area contributed by atoms with E-state index < -0.39 is 27.8 Å². The molecule has 2 aromatic heterocycles. The number of furan rings is 1. The summed E-state index contributed by atoms with van der Waals surface area (Å²) in [5, 5.41) is 6.34. The van der Waals surface area contributed by atoms with Gasteiger partial charge in [0.25, 0.3) is 5.89 Å². The van der Waals surface area contributed by atoms with Crippen LogP contribution in [0.4, 0.5) is 23.7 Å². The highest BCUT2D eigenvalue weighted by Crippen LogP contribution is 2.29. The van der Waals surface area contributed by atoms with Gasteiger partial charge in [-0.05, 0) is 36.8 Å². The Morgan fingerprint density at radius 3 is 2.38 bits per heavy atom. The molecular formula is C26H23F3N4O5S. The predicted octanol–water partition coefficient (Wildman–Crippen LogP) is 4.67. The summed E-state index contributed by atoms with van der Waals surface area (Å²) >= 11 is 0. The number of hydrogen-bond donors (Lipinski definition) is 0. The number of terminal acetylenes is 1. The first kappa shape index (κ1) is 27.7. The molecule has 9 nitrogen and oxygen atoms in total. The van der Waals surface area contributed by atoms with Gasteiger partial charge in [0.15, 0.2) is 9.84 Å². The summed E-state index contributed by atoms with van der Waals surface area (Å²) < 4.78 is 71.9. The third-order valence-electron chi connectivity index (χ3n) is 5.87. The summed E-state index contributed by atoms with van der Waals surface area (Å²) in [5.74, 6) is -0.00854. The first-order valence-electron chi connectivity index (χ1n) is 11.6. The van der Waals surface area contributed by atoms with Crippen LogP contribution in [0.1, 0.15) is 18.7 Å². The molecule has 1 aromatic carbocycles. The van der Waals surface area contributed by atoms with Gasteiger partial charge in [-0.1, -0.05) is 29.7 Å². The lowest BCUT2D eigenvalue weighted by molar-refractivity contribution is -0.157. The maximum Gasteiger partial charge on any atom is 0.470 e. The Kier molecular flexibility index (Phi) is 7.96. The van der Waals surface area contributed by atoms with Gasteiger partial charge >= 0.3 is 18.1 Å². The number of benzene rings is 1. The van der Waals surface area contributed by atoms with Crippen molar-refractivity contribution in [2.24, 2.45) is 0 Å². The Bertz CT molecular complexity index is 1520. The fraction of sp³-hybridized carbons (Fsp3) is 0.269. The van der Waals surface area contributed by atoms with E-state index in [0.29, 0.717) is 11.3 Å². The van der Waals surface area contributed by atoms with Crippen LogP contribution in [0.5, 0.6) is 0 Å². The Balaban J connectivity index is 1.59. The molecule has 1 fully saturated rings. The van der Waals surface area contributed by atoms with Gasteiger partial charge in [0.2, 0.25) is 0 Å². The summed E-state index contributed by atoms with van der Waals surface area (Å²) in [6, 6.07) is 8.58. The van der Waals surface area contributed by atoms with Crippen LogP contribution in [0.2, 0.25) is 0 Å². The fourth-order valence-corrected chi connectivity index (χ4v) is 4.96. The van der Waals surface area contributed by atoms with E-state index in [1.54, 1.807) is 37.6 Å². The molecule has 1 saturated heterocycles. The number of carbonyl (C=O) groups excluding carboxylic acids is 1. The molecule has 0 bridgehead atoms. The lowest BCUT2D eigenvalue weighted by atomic mass is 10.1. The minimum absolute atomic E-state index is 0.0629. The van der Waals surface area contributed by atoms with Crippen molar-refractivity contribution >= 4 is 27.1 Å². The van der Waals surface area contributed by atoms with Gasteiger partial charge in [-0.2, -0.15) is 13.2 Å². The maximum atomic E-state index is 13.5. The molecule has 39 heavy (non-hydrogen) atoms. The number of nitrogens with zero attached hydrogens (tertiary/aromatic N) is 4. The molecule has 0 radical (unpaired) electrons. The molecule has 13 heteroatoms. The first-order valence-corrected chi connectivity index (χ1v) is 13.4. The molecule has 4 rings (SSSR count). The molecule has 0 spiro atoms.